The van der Waals surface area contributed by atoms with Gasteiger partial charge in [0, 0.05) is 11.1 Å². The molecule has 1 aromatic heterocycles. The van der Waals surface area contributed by atoms with E-state index in [1.165, 1.54) is 0 Å². The second-order valence-electron chi connectivity index (χ2n) is 7.41. The zero-order valence-electron chi connectivity index (χ0n) is 15.5. The third kappa shape index (κ3) is 3.82. The number of nitrogens with one attached hydrogen (secondary N) is 1. The third-order valence-corrected chi connectivity index (χ3v) is 4.25. The number of hydrogen-bond acceptors (Lipinski definition) is 4. The fourth-order valence-electron chi connectivity index (χ4n) is 2.74. The lowest BCUT2D eigenvalue weighted by atomic mass is 9.86. The van der Waals surface area contributed by atoms with Gasteiger partial charge in [0.25, 0.3) is 5.91 Å². The van der Waals surface area contributed by atoms with Gasteiger partial charge in [0.05, 0.1) is 0 Å². The average Bonchev–Trinajstić information content (AvgIpc) is 3.09. The van der Waals surface area contributed by atoms with E-state index in [9.17, 15) is 4.79 Å². The largest absolute Gasteiger partial charge is 0.340 e. The lowest BCUT2D eigenvalue weighted by molar-refractivity contribution is 0.0880. The van der Waals surface area contributed by atoms with Crippen LogP contribution in [-0.2, 0) is 0 Å². The Hall–Kier alpha value is -2.95. The van der Waals surface area contributed by atoms with Crippen molar-refractivity contribution in [3.05, 3.63) is 71.6 Å². The minimum Gasteiger partial charge on any atom is -0.340 e. The highest BCUT2D eigenvalue weighted by Crippen LogP contribution is 2.33. The summed E-state index contributed by atoms with van der Waals surface area (Å²) in [5.74, 6) is 0.765. The smallest absolute Gasteiger partial charge is 0.252 e. The van der Waals surface area contributed by atoms with Crippen molar-refractivity contribution in [2.45, 2.75) is 33.7 Å². The molecule has 0 radical (unpaired) electrons. The van der Waals surface area contributed by atoms with Crippen molar-refractivity contribution in [1.82, 2.24) is 15.5 Å². The van der Waals surface area contributed by atoms with Gasteiger partial charge in [0.2, 0.25) is 11.7 Å². The molecule has 5 heteroatoms. The second-order valence-corrected chi connectivity index (χ2v) is 7.41. The molecule has 1 heterocycles. The summed E-state index contributed by atoms with van der Waals surface area (Å²) in [7, 11) is 0. The van der Waals surface area contributed by atoms with Crippen LogP contribution in [0.3, 0.4) is 0 Å². The van der Waals surface area contributed by atoms with Crippen molar-refractivity contribution < 1.29 is 9.32 Å². The lowest BCUT2D eigenvalue weighted by Crippen LogP contribution is -2.37. The van der Waals surface area contributed by atoms with Crippen LogP contribution in [0.5, 0.6) is 0 Å². The van der Waals surface area contributed by atoms with E-state index >= 15 is 0 Å². The van der Waals surface area contributed by atoms with Crippen LogP contribution in [0, 0.1) is 12.3 Å². The molecule has 0 aliphatic rings. The highest BCUT2D eigenvalue weighted by Gasteiger charge is 2.33. The van der Waals surface area contributed by atoms with Gasteiger partial charge in [0.1, 0.15) is 6.04 Å². The standard InChI is InChI=1S/C21H23N3O2/c1-14-10-8-9-13-16(14)19(25)22-17(21(2,3)4)20-23-18(24-26-20)15-11-6-5-7-12-15/h5-13,17H,1-4H3,(H,22,25)/t17-/m0/s1. The number of aromatic nitrogens is 2. The SMILES string of the molecule is Cc1ccccc1C(=O)N[C@@H](c1nc(-c2ccccc2)no1)C(C)(C)C. The van der Waals surface area contributed by atoms with E-state index in [0.29, 0.717) is 17.3 Å². The van der Waals surface area contributed by atoms with Crippen molar-refractivity contribution >= 4 is 5.91 Å². The maximum absolute atomic E-state index is 12.8. The highest BCUT2D eigenvalue weighted by molar-refractivity contribution is 5.95. The van der Waals surface area contributed by atoms with Gasteiger partial charge in [-0.1, -0.05) is 74.5 Å². The predicted molar refractivity (Wildman–Crippen MR) is 101 cm³/mol. The van der Waals surface area contributed by atoms with Crippen LogP contribution in [0.1, 0.15) is 48.6 Å². The van der Waals surface area contributed by atoms with E-state index in [-0.39, 0.29) is 11.3 Å². The molecule has 0 aliphatic heterocycles. The molecule has 0 saturated carbocycles. The normalized spacial score (nSPS) is 12.6. The minimum atomic E-state index is -0.403. The number of carbonyl (C=O) groups is 1. The quantitative estimate of drug-likeness (QED) is 0.749. The van der Waals surface area contributed by atoms with Gasteiger partial charge < -0.3 is 9.84 Å². The summed E-state index contributed by atoms with van der Waals surface area (Å²) in [4.78, 5) is 17.3. The van der Waals surface area contributed by atoms with Gasteiger partial charge in [0.15, 0.2) is 0 Å². The first kappa shape index (κ1) is 17.9. The Bertz CT molecular complexity index is 895. The average molecular weight is 349 g/mol. The fourth-order valence-corrected chi connectivity index (χ4v) is 2.74. The molecule has 0 fully saturated rings. The molecule has 3 aromatic rings. The molecule has 1 N–H and O–H groups in total. The molecule has 3 rings (SSSR count). The van der Waals surface area contributed by atoms with Crippen molar-refractivity contribution in [3.63, 3.8) is 0 Å². The molecule has 26 heavy (non-hydrogen) atoms. The number of hydrogen-bond donors (Lipinski definition) is 1. The van der Waals surface area contributed by atoms with E-state index < -0.39 is 6.04 Å². The number of rotatable bonds is 4. The van der Waals surface area contributed by atoms with Crippen LogP contribution >= 0.6 is 0 Å². The molecule has 134 valence electrons. The number of amides is 1. The van der Waals surface area contributed by atoms with Gasteiger partial charge >= 0.3 is 0 Å². The maximum Gasteiger partial charge on any atom is 0.252 e. The zero-order chi connectivity index (χ0) is 18.7. The Labute approximate surface area is 153 Å². The first-order valence-corrected chi connectivity index (χ1v) is 8.62. The Morgan fingerprint density at radius 1 is 1.04 bits per heavy atom. The van der Waals surface area contributed by atoms with E-state index in [1.54, 1.807) is 0 Å². The molecule has 0 bridgehead atoms. The van der Waals surface area contributed by atoms with E-state index in [4.69, 9.17) is 4.52 Å². The summed E-state index contributed by atoms with van der Waals surface area (Å²) in [5.41, 5.74) is 2.15. The molecule has 5 nitrogen and oxygen atoms in total. The summed E-state index contributed by atoms with van der Waals surface area (Å²) in [6, 6.07) is 16.7. The van der Waals surface area contributed by atoms with Crippen molar-refractivity contribution in [2.24, 2.45) is 5.41 Å². The summed E-state index contributed by atoms with van der Waals surface area (Å²) in [6.45, 7) is 8.01. The molecule has 1 atom stereocenters. The van der Waals surface area contributed by atoms with Crippen LogP contribution in [0.15, 0.2) is 59.1 Å². The van der Waals surface area contributed by atoms with Crippen LogP contribution < -0.4 is 5.32 Å². The zero-order valence-corrected chi connectivity index (χ0v) is 15.5. The molecular formula is C21H23N3O2. The summed E-state index contributed by atoms with van der Waals surface area (Å²) in [6.07, 6.45) is 0. The molecule has 2 aromatic carbocycles. The van der Waals surface area contributed by atoms with E-state index in [1.807, 2.05) is 82.3 Å². The molecule has 0 spiro atoms. The number of nitrogens with zero attached hydrogens (tertiary/aromatic N) is 2. The lowest BCUT2D eigenvalue weighted by Gasteiger charge is -2.28. The van der Waals surface area contributed by atoms with E-state index in [2.05, 4.69) is 15.5 Å². The van der Waals surface area contributed by atoms with Crippen LogP contribution in [0.2, 0.25) is 0 Å². The molecule has 0 unspecified atom stereocenters. The third-order valence-electron chi connectivity index (χ3n) is 4.25. The predicted octanol–water partition coefficient (Wildman–Crippen LogP) is 4.56. The Morgan fingerprint density at radius 3 is 2.35 bits per heavy atom. The maximum atomic E-state index is 12.8. The monoisotopic (exact) mass is 349 g/mol. The first-order valence-electron chi connectivity index (χ1n) is 8.62. The Balaban J connectivity index is 1.89. The van der Waals surface area contributed by atoms with Gasteiger partial charge in [-0.05, 0) is 24.0 Å². The van der Waals surface area contributed by atoms with Crippen molar-refractivity contribution in [2.75, 3.05) is 0 Å². The van der Waals surface area contributed by atoms with Crippen molar-refractivity contribution in [1.29, 1.82) is 0 Å². The van der Waals surface area contributed by atoms with E-state index in [0.717, 1.165) is 11.1 Å². The van der Waals surface area contributed by atoms with Gasteiger partial charge in [-0.25, -0.2) is 0 Å². The Morgan fingerprint density at radius 2 is 1.69 bits per heavy atom. The summed E-state index contributed by atoms with van der Waals surface area (Å²) < 4.78 is 5.50. The number of aryl methyl sites for hydroxylation is 1. The summed E-state index contributed by atoms with van der Waals surface area (Å²) >= 11 is 0. The highest BCUT2D eigenvalue weighted by atomic mass is 16.5. The molecular weight excluding hydrogens is 326 g/mol. The first-order chi connectivity index (χ1) is 12.4. The molecule has 0 saturated heterocycles. The van der Waals surface area contributed by atoms with Crippen molar-refractivity contribution in [3.8, 4) is 11.4 Å². The van der Waals surface area contributed by atoms with Gasteiger partial charge in [-0.3, -0.25) is 4.79 Å². The summed E-state index contributed by atoms with van der Waals surface area (Å²) in [5, 5.41) is 7.14. The second kappa shape index (κ2) is 7.12. The van der Waals surface area contributed by atoms with Gasteiger partial charge in [-0.15, -0.1) is 0 Å². The Kier molecular flexibility index (Phi) is 4.89. The fraction of sp³-hybridized carbons (Fsp3) is 0.286. The van der Waals surface area contributed by atoms with Crippen LogP contribution in [0.4, 0.5) is 0 Å². The molecule has 0 aliphatic carbocycles. The number of carbonyl (C=O) groups excluding carboxylic acids is 1. The van der Waals surface area contributed by atoms with Crippen LogP contribution in [0.25, 0.3) is 11.4 Å². The van der Waals surface area contributed by atoms with Crippen LogP contribution in [-0.4, -0.2) is 16.0 Å². The van der Waals surface area contributed by atoms with Gasteiger partial charge in [-0.2, -0.15) is 4.98 Å². The minimum absolute atomic E-state index is 0.150. The number of benzene rings is 2. The molecule has 1 amide bonds. The topological polar surface area (TPSA) is 68.0 Å².